The normalized spacial score (nSPS) is 17.8. The Morgan fingerprint density at radius 3 is 2.45 bits per heavy atom. The molecule has 7 nitrogen and oxygen atoms in total. The molecule has 1 aromatic carbocycles. The molecular formula is C24H19ClF6IN7S. The zero-order valence-electron chi connectivity index (χ0n) is 20.5. The molecule has 1 fully saturated rings. The number of fused-ring (bicyclic) bond motifs is 1. The molecule has 0 aliphatic heterocycles. The maximum Gasteiger partial charge on any atom is 0.433 e. The van der Waals surface area contributed by atoms with Gasteiger partial charge < -0.3 is 10.6 Å². The zero-order chi connectivity index (χ0) is 28.8. The third-order valence-electron chi connectivity index (χ3n) is 6.47. The highest BCUT2D eigenvalue weighted by Gasteiger charge is 2.34. The molecule has 0 saturated heterocycles. The van der Waals surface area contributed by atoms with E-state index in [4.69, 9.17) is 11.6 Å². The van der Waals surface area contributed by atoms with Gasteiger partial charge in [-0.15, -0.1) is 0 Å². The van der Waals surface area contributed by atoms with Gasteiger partial charge in [0, 0.05) is 71.7 Å². The lowest BCUT2D eigenvalue weighted by Gasteiger charge is -2.31. The predicted molar refractivity (Wildman–Crippen MR) is 150 cm³/mol. The Morgan fingerprint density at radius 2 is 1.75 bits per heavy atom. The van der Waals surface area contributed by atoms with Crippen molar-refractivity contribution in [2.45, 2.75) is 50.9 Å². The van der Waals surface area contributed by atoms with Gasteiger partial charge in [0.25, 0.3) is 0 Å². The summed E-state index contributed by atoms with van der Waals surface area (Å²) >= 11 is 7.66. The molecule has 212 valence electrons. The summed E-state index contributed by atoms with van der Waals surface area (Å²) in [7, 11) is 1.17. The van der Waals surface area contributed by atoms with Gasteiger partial charge in [0.15, 0.2) is 29.0 Å². The average Bonchev–Trinajstić information content (AvgIpc) is 3.25. The van der Waals surface area contributed by atoms with Crippen LogP contribution >= 0.6 is 41.9 Å². The summed E-state index contributed by atoms with van der Waals surface area (Å²) in [6, 6.07) is 2.18. The van der Waals surface area contributed by atoms with Crippen LogP contribution in [0.15, 0.2) is 24.4 Å². The molecule has 5 rings (SSSR count). The highest BCUT2D eigenvalue weighted by molar-refractivity contribution is 14.2. The molecular weight excluding hydrogens is 695 g/mol. The smallest absolute Gasteiger partial charge is 0.367 e. The van der Waals surface area contributed by atoms with Crippen molar-refractivity contribution in [2.24, 2.45) is 0 Å². The lowest BCUT2D eigenvalue weighted by atomic mass is 9.91. The van der Waals surface area contributed by atoms with E-state index in [1.165, 1.54) is 26.1 Å². The highest BCUT2D eigenvalue weighted by Crippen LogP contribution is 2.37. The first-order valence-electron chi connectivity index (χ1n) is 11.9. The van der Waals surface area contributed by atoms with Gasteiger partial charge in [0.2, 0.25) is 5.28 Å². The number of nitrogens with zero attached hydrogens (tertiary/aromatic N) is 5. The third kappa shape index (κ3) is 6.05. The minimum absolute atomic E-state index is 0.0354. The van der Waals surface area contributed by atoms with Crippen molar-refractivity contribution < 1.29 is 26.3 Å². The summed E-state index contributed by atoms with van der Waals surface area (Å²) in [4.78, 5) is 15.7. The Balaban J connectivity index is 1.40. The third-order valence-corrected chi connectivity index (χ3v) is 8.35. The Bertz CT molecular complexity index is 1580. The zero-order valence-corrected chi connectivity index (χ0v) is 24.2. The molecule has 1 aliphatic carbocycles. The van der Waals surface area contributed by atoms with Crippen LogP contribution in [0, 0.1) is 24.4 Å². The molecule has 3 heterocycles. The Kier molecular flexibility index (Phi) is 8.25. The van der Waals surface area contributed by atoms with Gasteiger partial charge in [-0.05, 0) is 50.3 Å². The number of aryl methyl sites for hydroxylation is 1. The number of nitrogens with one attached hydrogen (secondary N) is 2. The maximum atomic E-state index is 15.1. The van der Waals surface area contributed by atoms with E-state index in [1.807, 2.05) is 21.2 Å². The van der Waals surface area contributed by atoms with Crippen molar-refractivity contribution in [1.29, 1.82) is 0 Å². The van der Waals surface area contributed by atoms with Crippen LogP contribution in [0.2, 0.25) is 5.28 Å². The number of halogens is 8. The average molecular weight is 714 g/mol. The van der Waals surface area contributed by atoms with E-state index < -0.39 is 34.6 Å². The second kappa shape index (κ2) is 11.4. The highest BCUT2D eigenvalue weighted by atomic mass is 127. The van der Waals surface area contributed by atoms with Gasteiger partial charge in [-0.1, -0.05) is 0 Å². The Labute approximate surface area is 245 Å². The summed E-state index contributed by atoms with van der Waals surface area (Å²) in [5.74, 6) is -2.27. The van der Waals surface area contributed by atoms with E-state index in [9.17, 15) is 22.0 Å². The van der Waals surface area contributed by atoms with Crippen molar-refractivity contribution >= 4 is 64.5 Å². The molecule has 0 spiro atoms. The second-order valence-electron chi connectivity index (χ2n) is 9.27. The Hall–Kier alpha value is -2.53. The number of hydrogen-bond acceptors (Lipinski definition) is 7. The monoisotopic (exact) mass is 713 g/mol. The molecule has 0 amide bonds. The molecule has 3 aromatic heterocycles. The van der Waals surface area contributed by atoms with Crippen molar-refractivity contribution in [3.8, 4) is 11.4 Å². The van der Waals surface area contributed by atoms with Gasteiger partial charge in [-0.3, -0.25) is 3.97 Å². The van der Waals surface area contributed by atoms with Gasteiger partial charge in [-0.2, -0.15) is 13.2 Å². The van der Waals surface area contributed by atoms with Crippen molar-refractivity contribution in [1.82, 2.24) is 23.9 Å². The quantitative estimate of drug-likeness (QED) is 0.119. The molecule has 1 saturated carbocycles. The van der Waals surface area contributed by atoms with Gasteiger partial charge >= 0.3 is 6.18 Å². The number of alkyl halides is 3. The lowest BCUT2D eigenvalue weighted by Crippen LogP contribution is -2.35. The number of hydrogen-bond donors (Lipinski definition) is 2. The van der Waals surface area contributed by atoms with E-state index in [0.717, 1.165) is 12.1 Å². The van der Waals surface area contributed by atoms with E-state index >= 15 is 4.39 Å². The fourth-order valence-corrected chi connectivity index (χ4v) is 6.26. The SMILES string of the molecule is Cc1nc(-c2cn(SI)c3c(F)cc(F)cc23)nc(N[C@@H]2CCC[C@H](Nc3cc(C(F)(F)F)nc(Cl)n3)C2)c1F. The number of rotatable bonds is 6. The first kappa shape index (κ1) is 29.0. The molecule has 0 unspecified atom stereocenters. The van der Waals surface area contributed by atoms with Crippen LogP contribution < -0.4 is 10.6 Å². The maximum absolute atomic E-state index is 15.1. The summed E-state index contributed by atoms with van der Waals surface area (Å²) in [5, 5.41) is 5.77. The van der Waals surface area contributed by atoms with Crippen LogP contribution in [-0.4, -0.2) is 36.0 Å². The number of benzene rings is 1. The summed E-state index contributed by atoms with van der Waals surface area (Å²) in [6.45, 7) is 1.46. The summed E-state index contributed by atoms with van der Waals surface area (Å²) in [6.07, 6.45) is -0.722. The van der Waals surface area contributed by atoms with Crippen LogP contribution in [-0.2, 0) is 6.18 Å². The first-order chi connectivity index (χ1) is 18.9. The molecule has 0 bridgehead atoms. The number of anilines is 2. The topological polar surface area (TPSA) is 80.5 Å². The molecule has 2 atom stereocenters. The van der Waals surface area contributed by atoms with E-state index in [-0.39, 0.29) is 46.1 Å². The second-order valence-corrected chi connectivity index (χ2v) is 11.3. The van der Waals surface area contributed by atoms with Crippen molar-refractivity contribution in [2.75, 3.05) is 10.6 Å². The van der Waals surface area contributed by atoms with Crippen LogP contribution in [0.3, 0.4) is 0 Å². The van der Waals surface area contributed by atoms with Gasteiger partial charge in [-0.25, -0.2) is 33.1 Å². The van der Waals surface area contributed by atoms with Crippen LogP contribution in [0.25, 0.3) is 22.3 Å². The molecule has 40 heavy (non-hydrogen) atoms. The summed E-state index contributed by atoms with van der Waals surface area (Å²) in [5.41, 5.74) is -0.648. The molecule has 2 N–H and O–H groups in total. The fourth-order valence-electron chi connectivity index (χ4n) is 4.75. The molecule has 16 heteroatoms. The molecule has 1 aliphatic rings. The molecule has 0 radical (unpaired) electrons. The van der Waals surface area contributed by atoms with Crippen LogP contribution in [0.1, 0.15) is 37.1 Å². The first-order valence-corrected chi connectivity index (χ1v) is 15.6. The Morgan fingerprint density at radius 1 is 1.02 bits per heavy atom. The van der Waals surface area contributed by atoms with Crippen LogP contribution in [0.5, 0.6) is 0 Å². The minimum Gasteiger partial charge on any atom is -0.367 e. The minimum atomic E-state index is -4.68. The summed E-state index contributed by atoms with van der Waals surface area (Å²) < 4.78 is 84.7. The molecule has 4 aromatic rings. The van der Waals surface area contributed by atoms with Gasteiger partial charge in [0.1, 0.15) is 11.6 Å². The van der Waals surface area contributed by atoms with E-state index in [1.54, 1.807) is 6.20 Å². The van der Waals surface area contributed by atoms with E-state index in [0.29, 0.717) is 31.2 Å². The largest absolute Gasteiger partial charge is 0.433 e. The van der Waals surface area contributed by atoms with E-state index in [2.05, 4.69) is 30.6 Å². The van der Waals surface area contributed by atoms with Crippen LogP contribution in [0.4, 0.5) is 38.0 Å². The lowest BCUT2D eigenvalue weighted by molar-refractivity contribution is -0.141. The van der Waals surface area contributed by atoms with Crippen molar-refractivity contribution in [3.63, 3.8) is 0 Å². The fraction of sp³-hybridized carbons (Fsp3) is 0.333. The van der Waals surface area contributed by atoms with Gasteiger partial charge in [0.05, 0.1) is 11.2 Å². The number of aromatic nitrogens is 5. The van der Waals surface area contributed by atoms with Crippen molar-refractivity contribution in [3.05, 3.63) is 58.5 Å². The predicted octanol–water partition coefficient (Wildman–Crippen LogP) is 7.97. The standard InChI is InChI=1S/C24H19ClF6IN7S/c1-10-19(28)22(38-21(33-10)15-9-39(40-32)20-14(15)5-11(26)6-16(20)27)35-13-4-2-3-12(7-13)34-18-8-17(24(29,30)31)36-23(25)37-18/h5-6,8-9,12-13H,2-4,7H2,1H3,(H,33,35,38)(H,34,36,37)/t12-,13+/m0/s1.